The Hall–Kier alpha value is -1.63. The van der Waals surface area contributed by atoms with Crippen LogP contribution in [0.1, 0.15) is 38.5 Å². The molecular weight excluding hydrogens is 264 g/mol. The molecule has 0 aromatic rings. The second-order valence-electron chi connectivity index (χ2n) is 5.14. The molecule has 1 rings (SSSR count). The molecule has 0 aromatic heterocycles. The summed E-state index contributed by atoms with van der Waals surface area (Å²) in [5, 5.41) is 11.6. The number of carbonyl (C=O) groups is 3. The van der Waals surface area contributed by atoms with Gasteiger partial charge in [-0.3, -0.25) is 9.59 Å². The fourth-order valence-electron chi connectivity index (χ4n) is 2.38. The van der Waals surface area contributed by atoms with Crippen LogP contribution >= 0.6 is 0 Å². The molecule has 3 atom stereocenters. The molecule has 1 amide bonds. The summed E-state index contributed by atoms with van der Waals surface area (Å²) in [4.78, 5) is 34.1. The topological polar surface area (TPSA) is 119 Å². The summed E-state index contributed by atoms with van der Waals surface area (Å²) in [5.74, 6) is -2.18. The van der Waals surface area contributed by atoms with Crippen molar-refractivity contribution in [3.63, 3.8) is 0 Å². The second-order valence-corrected chi connectivity index (χ2v) is 5.14. The average Bonchev–Trinajstić information content (AvgIpc) is 2.42. The zero-order valence-corrected chi connectivity index (χ0v) is 11.6. The van der Waals surface area contributed by atoms with Crippen LogP contribution in [-0.2, 0) is 19.1 Å². The summed E-state index contributed by atoms with van der Waals surface area (Å²) < 4.78 is 4.45. The van der Waals surface area contributed by atoms with Crippen LogP contribution in [-0.4, -0.2) is 42.1 Å². The first-order valence-corrected chi connectivity index (χ1v) is 6.79. The molecule has 2 unspecified atom stereocenters. The maximum atomic E-state index is 12.0. The minimum atomic E-state index is -1.15. The van der Waals surface area contributed by atoms with Crippen molar-refractivity contribution in [2.45, 2.75) is 50.6 Å². The van der Waals surface area contributed by atoms with E-state index in [2.05, 4.69) is 10.1 Å². The molecule has 20 heavy (non-hydrogen) atoms. The lowest BCUT2D eigenvalue weighted by Gasteiger charge is -2.26. The zero-order valence-electron chi connectivity index (χ0n) is 11.6. The van der Waals surface area contributed by atoms with Crippen molar-refractivity contribution >= 4 is 17.8 Å². The van der Waals surface area contributed by atoms with E-state index in [1.54, 1.807) is 0 Å². The molecule has 1 aliphatic carbocycles. The van der Waals surface area contributed by atoms with Gasteiger partial charge >= 0.3 is 11.9 Å². The van der Waals surface area contributed by atoms with Gasteiger partial charge in [-0.1, -0.05) is 6.42 Å². The summed E-state index contributed by atoms with van der Waals surface area (Å²) in [6.45, 7) is 0. The number of hydrogen-bond acceptors (Lipinski definition) is 5. The van der Waals surface area contributed by atoms with Crippen molar-refractivity contribution < 1.29 is 24.2 Å². The Kier molecular flexibility index (Phi) is 6.44. The van der Waals surface area contributed by atoms with Gasteiger partial charge in [0, 0.05) is 18.4 Å². The molecule has 0 spiro atoms. The minimum Gasteiger partial charge on any atom is -0.480 e. The molecule has 114 valence electrons. The van der Waals surface area contributed by atoms with Crippen LogP contribution in [0.5, 0.6) is 0 Å². The van der Waals surface area contributed by atoms with E-state index in [9.17, 15) is 14.4 Å². The normalized spacial score (nSPS) is 23.7. The van der Waals surface area contributed by atoms with Gasteiger partial charge in [0.05, 0.1) is 7.11 Å². The van der Waals surface area contributed by atoms with E-state index in [4.69, 9.17) is 10.8 Å². The number of amides is 1. The molecule has 0 saturated heterocycles. The molecule has 0 aromatic carbocycles. The van der Waals surface area contributed by atoms with Crippen molar-refractivity contribution in [1.82, 2.24) is 5.32 Å². The maximum absolute atomic E-state index is 12.0. The van der Waals surface area contributed by atoms with Gasteiger partial charge in [0.25, 0.3) is 0 Å². The van der Waals surface area contributed by atoms with E-state index in [0.29, 0.717) is 6.42 Å². The van der Waals surface area contributed by atoms with Gasteiger partial charge in [-0.05, 0) is 25.7 Å². The van der Waals surface area contributed by atoms with E-state index >= 15 is 0 Å². The third-order valence-corrected chi connectivity index (χ3v) is 3.56. The van der Waals surface area contributed by atoms with Crippen molar-refractivity contribution in [3.8, 4) is 0 Å². The largest absolute Gasteiger partial charge is 0.480 e. The number of ether oxygens (including phenoxy) is 1. The monoisotopic (exact) mass is 286 g/mol. The molecule has 0 radical (unpaired) electrons. The van der Waals surface area contributed by atoms with Gasteiger partial charge in [-0.15, -0.1) is 0 Å². The molecule has 1 saturated carbocycles. The van der Waals surface area contributed by atoms with E-state index in [1.807, 2.05) is 0 Å². The standard InChI is InChI=1S/C13H22N2O5/c1-20-11(16)6-5-10(13(18)19)15-12(17)8-3-2-4-9(14)7-8/h8-10H,2-7,14H2,1H3,(H,15,17)(H,18,19)/t8?,9?,10-/m0/s1. The van der Waals surface area contributed by atoms with Gasteiger partial charge in [0.1, 0.15) is 6.04 Å². The van der Waals surface area contributed by atoms with Crippen LogP contribution in [0.15, 0.2) is 0 Å². The second kappa shape index (κ2) is 7.84. The molecule has 1 aliphatic rings. The molecule has 1 fully saturated rings. The van der Waals surface area contributed by atoms with Gasteiger partial charge in [-0.2, -0.15) is 0 Å². The fourth-order valence-corrected chi connectivity index (χ4v) is 2.38. The van der Waals surface area contributed by atoms with Crippen molar-refractivity contribution in [2.24, 2.45) is 11.7 Å². The molecule has 7 nitrogen and oxygen atoms in total. The van der Waals surface area contributed by atoms with Gasteiger partial charge < -0.3 is 20.9 Å². The van der Waals surface area contributed by atoms with Gasteiger partial charge in [0.2, 0.25) is 5.91 Å². The highest BCUT2D eigenvalue weighted by molar-refractivity contribution is 5.85. The number of rotatable bonds is 6. The Morgan fingerprint density at radius 1 is 1.40 bits per heavy atom. The summed E-state index contributed by atoms with van der Waals surface area (Å²) in [5.41, 5.74) is 5.81. The van der Waals surface area contributed by atoms with E-state index in [-0.39, 0.29) is 30.7 Å². The number of carboxylic acids is 1. The lowest BCUT2D eigenvalue weighted by molar-refractivity contribution is -0.144. The predicted molar refractivity (Wildman–Crippen MR) is 70.7 cm³/mol. The van der Waals surface area contributed by atoms with Gasteiger partial charge in [0.15, 0.2) is 0 Å². The number of esters is 1. The number of carbonyl (C=O) groups excluding carboxylic acids is 2. The summed E-state index contributed by atoms with van der Waals surface area (Å²) in [6.07, 6.45) is 3.05. The summed E-state index contributed by atoms with van der Waals surface area (Å²) in [7, 11) is 1.24. The third kappa shape index (κ3) is 5.16. The zero-order chi connectivity index (χ0) is 15.1. The van der Waals surface area contributed by atoms with E-state index in [1.165, 1.54) is 7.11 Å². The molecule has 0 heterocycles. The van der Waals surface area contributed by atoms with Crippen LogP contribution < -0.4 is 11.1 Å². The Bertz CT molecular complexity index is 372. The Morgan fingerprint density at radius 3 is 2.65 bits per heavy atom. The molecule has 0 aliphatic heterocycles. The van der Waals surface area contributed by atoms with Crippen LogP contribution in [0.25, 0.3) is 0 Å². The summed E-state index contributed by atoms with van der Waals surface area (Å²) >= 11 is 0. The predicted octanol–water partition coefficient (Wildman–Crippen LogP) is 0.0265. The first kappa shape index (κ1) is 16.4. The van der Waals surface area contributed by atoms with E-state index < -0.39 is 18.0 Å². The first-order valence-electron chi connectivity index (χ1n) is 6.79. The highest BCUT2D eigenvalue weighted by Gasteiger charge is 2.29. The minimum absolute atomic E-state index is 0.00199. The van der Waals surface area contributed by atoms with Gasteiger partial charge in [-0.25, -0.2) is 4.79 Å². The number of nitrogens with two attached hydrogens (primary N) is 1. The Balaban J connectivity index is 2.49. The smallest absolute Gasteiger partial charge is 0.326 e. The van der Waals surface area contributed by atoms with Crippen LogP contribution in [0, 0.1) is 5.92 Å². The Labute approximate surface area is 117 Å². The van der Waals surface area contributed by atoms with Crippen molar-refractivity contribution in [1.29, 1.82) is 0 Å². The molecule has 0 bridgehead atoms. The third-order valence-electron chi connectivity index (χ3n) is 3.56. The number of hydrogen-bond donors (Lipinski definition) is 3. The number of methoxy groups -OCH3 is 1. The van der Waals surface area contributed by atoms with Crippen molar-refractivity contribution in [2.75, 3.05) is 7.11 Å². The summed E-state index contributed by atoms with van der Waals surface area (Å²) in [6, 6.07) is -1.07. The molecular formula is C13H22N2O5. The highest BCUT2D eigenvalue weighted by atomic mass is 16.5. The fraction of sp³-hybridized carbons (Fsp3) is 0.769. The molecule has 4 N–H and O–H groups in total. The molecule has 7 heteroatoms. The maximum Gasteiger partial charge on any atom is 0.326 e. The Morgan fingerprint density at radius 2 is 2.10 bits per heavy atom. The lowest BCUT2D eigenvalue weighted by atomic mass is 9.85. The average molecular weight is 286 g/mol. The van der Waals surface area contributed by atoms with Crippen LogP contribution in [0.4, 0.5) is 0 Å². The van der Waals surface area contributed by atoms with E-state index in [0.717, 1.165) is 19.3 Å². The number of carboxylic acid groups (broad SMARTS) is 1. The SMILES string of the molecule is COC(=O)CC[C@H](NC(=O)C1CCCC(N)C1)C(=O)O. The van der Waals surface area contributed by atoms with Crippen LogP contribution in [0.3, 0.4) is 0 Å². The number of nitrogens with one attached hydrogen (secondary N) is 1. The number of aliphatic carboxylic acids is 1. The van der Waals surface area contributed by atoms with Crippen molar-refractivity contribution in [3.05, 3.63) is 0 Å². The highest BCUT2D eigenvalue weighted by Crippen LogP contribution is 2.23. The lowest BCUT2D eigenvalue weighted by Crippen LogP contribution is -2.45. The first-order chi connectivity index (χ1) is 9.43. The quantitative estimate of drug-likeness (QED) is 0.593. The van der Waals surface area contributed by atoms with Crippen LogP contribution in [0.2, 0.25) is 0 Å².